The second-order valence-electron chi connectivity index (χ2n) is 4.29. The van der Waals surface area contributed by atoms with Crippen LogP contribution in [0, 0.1) is 6.92 Å². The molecular formula is C12H19N3OS. The number of likely N-dealkylation sites (tertiary alicyclic amines) is 1. The molecule has 1 aliphatic heterocycles. The molecule has 0 aliphatic carbocycles. The number of carbonyl (C=O) groups excluding carboxylic acids is 1. The van der Waals surface area contributed by atoms with Crippen LogP contribution >= 0.6 is 11.3 Å². The van der Waals surface area contributed by atoms with E-state index in [1.807, 2.05) is 4.90 Å². The van der Waals surface area contributed by atoms with Gasteiger partial charge in [0.05, 0.1) is 10.7 Å². The predicted octanol–water partition coefficient (Wildman–Crippen LogP) is 1.97. The molecule has 94 valence electrons. The van der Waals surface area contributed by atoms with Gasteiger partial charge in [-0.05, 0) is 19.8 Å². The summed E-state index contributed by atoms with van der Waals surface area (Å²) in [7, 11) is 0. The molecule has 1 aromatic rings. The minimum atomic E-state index is 0.0697. The molecule has 0 saturated carbocycles. The number of thiazole rings is 1. The first kappa shape index (κ1) is 12.4. The van der Waals surface area contributed by atoms with Crippen molar-refractivity contribution < 1.29 is 4.79 Å². The van der Waals surface area contributed by atoms with Gasteiger partial charge in [-0.15, -0.1) is 11.3 Å². The first-order valence-corrected chi connectivity index (χ1v) is 7.00. The normalized spacial score (nSPS) is 14.6. The summed E-state index contributed by atoms with van der Waals surface area (Å²) >= 11 is 1.74. The average molecular weight is 253 g/mol. The van der Waals surface area contributed by atoms with Crippen LogP contribution in [0.4, 0.5) is 4.79 Å². The Kier molecular flexibility index (Phi) is 3.99. The highest BCUT2D eigenvalue weighted by Crippen LogP contribution is 2.18. The highest BCUT2D eigenvalue weighted by Gasteiger charge is 2.19. The zero-order valence-electron chi connectivity index (χ0n) is 10.5. The molecule has 1 saturated heterocycles. The van der Waals surface area contributed by atoms with Crippen molar-refractivity contribution in [3.63, 3.8) is 0 Å². The Labute approximate surface area is 106 Å². The molecule has 17 heavy (non-hydrogen) atoms. The molecule has 0 bridgehead atoms. The highest BCUT2D eigenvalue weighted by molar-refractivity contribution is 7.11. The summed E-state index contributed by atoms with van der Waals surface area (Å²) in [5.41, 5.74) is 1.19. The first-order valence-electron chi connectivity index (χ1n) is 6.18. The molecule has 0 unspecified atom stereocenters. The van der Waals surface area contributed by atoms with Crippen molar-refractivity contribution in [3.8, 4) is 0 Å². The molecule has 0 spiro atoms. The van der Waals surface area contributed by atoms with Gasteiger partial charge in [-0.1, -0.05) is 6.92 Å². The molecular weight excluding hydrogens is 234 g/mol. The molecule has 2 heterocycles. The third-order valence-electron chi connectivity index (χ3n) is 3.03. The number of urea groups is 1. The molecule has 4 nitrogen and oxygen atoms in total. The van der Waals surface area contributed by atoms with E-state index in [1.54, 1.807) is 11.3 Å². The Hall–Kier alpha value is -1.10. The summed E-state index contributed by atoms with van der Waals surface area (Å²) in [6.07, 6.45) is 2.96. The molecule has 0 aromatic carbocycles. The number of aromatic nitrogens is 1. The number of nitrogens with zero attached hydrogens (tertiary/aromatic N) is 2. The third kappa shape index (κ3) is 2.97. The lowest BCUT2D eigenvalue weighted by molar-refractivity contribution is 0.168. The van der Waals surface area contributed by atoms with Crippen LogP contribution in [0.15, 0.2) is 0 Å². The lowest BCUT2D eigenvalue weighted by Crippen LogP contribution is -2.48. The summed E-state index contributed by atoms with van der Waals surface area (Å²) < 4.78 is 0. The number of nitrogens with one attached hydrogen (secondary N) is 1. The zero-order chi connectivity index (χ0) is 12.3. The Morgan fingerprint density at radius 2 is 2.29 bits per heavy atom. The summed E-state index contributed by atoms with van der Waals surface area (Å²) in [4.78, 5) is 19.2. The largest absolute Gasteiger partial charge is 0.338 e. The monoisotopic (exact) mass is 253 g/mol. The van der Waals surface area contributed by atoms with E-state index in [0.29, 0.717) is 6.54 Å². The smallest absolute Gasteiger partial charge is 0.317 e. The molecule has 0 atom stereocenters. The summed E-state index contributed by atoms with van der Waals surface area (Å²) in [6, 6.07) is 0.0697. The predicted molar refractivity (Wildman–Crippen MR) is 69.5 cm³/mol. The standard InChI is InChI=1S/C12H19N3OS/c1-3-10-9(2)17-11(14-10)5-6-13-12(16)15-7-4-8-15/h3-8H2,1-2H3,(H,13,16). The van der Waals surface area contributed by atoms with Crippen LogP contribution in [0.1, 0.15) is 28.9 Å². The van der Waals surface area contributed by atoms with Gasteiger partial charge < -0.3 is 10.2 Å². The fourth-order valence-corrected chi connectivity index (χ4v) is 2.85. The van der Waals surface area contributed by atoms with Crippen molar-refractivity contribution in [2.24, 2.45) is 0 Å². The van der Waals surface area contributed by atoms with Gasteiger partial charge in [-0.2, -0.15) is 0 Å². The van der Waals surface area contributed by atoms with Gasteiger partial charge in [0.15, 0.2) is 0 Å². The Morgan fingerprint density at radius 3 is 2.82 bits per heavy atom. The van der Waals surface area contributed by atoms with E-state index in [4.69, 9.17) is 0 Å². The minimum Gasteiger partial charge on any atom is -0.338 e. The highest BCUT2D eigenvalue weighted by atomic mass is 32.1. The van der Waals surface area contributed by atoms with Gasteiger partial charge in [0.25, 0.3) is 0 Å². The van der Waals surface area contributed by atoms with Crippen LogP contribution in [0.25, 0.3) is 0 Å². The van der Waals surface area contributed by atoms with Gasteiger partial charge in [0.1, 0.15) is 0 Å². The van der Waals surface area contributed by atoms with Gasteiger partial charge in [0.2, 0.25) is 0 Å². The third-order valence-corrected chi connectivity index (χ3v) is 4.10. The molecule has 0 radical (unpaired) electrons. The van der Waals surface area contributed by atoms with Crippen LogP contribution in [-0.4, -0.2) is 35.5 Å². The molecule has 1 aromatic heterocycles. The SMILES string of the molecule is CCc1nc(CCNC(=O)N2CCC2)sc1C. The molecule has 2 amide bonds. The van der Waals surface area contributed by atoms with Crippen LogP contribution < -0.4 is 5.32 Å². The maximum Gasteiger partial charge on any atom is 0.317 e. The second kappa shape index (κ2) is 5.49. The lowest BCUT2D eigenvalue weighted by atomic mass is 10.2. The Balaban J connectivity index is 1.75. The van der Waals surface area contributed by atoms with Crippen molar-refractivity contribution in [3.05, 3.63) is 15.6 Å². The fourth-order valence-electron chi connectivity index (χ4n) is 1.83. The topological polar surface area (TPSA) is 45.2 Å². The number of carbonyl (C=O) groups is 1. The fraction of sp³-hybridized carbons (Fsp3) is 0.667. The van der Waals surface area contributed by atoms with E-state index < -0.39 is 0 Å². The first-order chi connectivity index (χ1) is 8.20. The summed E-state index contributed by atoms with van der Waals surface area (Å²) in [6.45, 7) is 6.73. The average Bonchev–Trinajstić information content (AvgIpc) is 2.56. The van der Waals surface area contributed by atoms with Gasteiger partial charge in [0, 0.05) is 30.9 Å². The number of rotatable bonds is 4. The van der Waals surface area contributed by atoms with Crippen molar-refractivity contribution in [1.29, 1.82) is 0 Å². The van der Waals surface area contributed by atoms with Crippen molar-refractivity contribution in [1.82, 2.24) is 15.2 Å². The second-order valence-corrected chi connectivity index (χ2v) is 5.57. The maximum atomic E-state index is 11.5. The van der Waals surface area contributed by atoms with Gasteiger partial charge >= 0.3 is 6.03 Å². The van der Waals surface area contributed by atoms with E-state index in [1.165, 1.54) is 10.6 Å². The van der Waals surface area contributed by atoms with Crippen molar-refractivity contribution in [2.75, 3.05) is 19.6 Å². The van der Waals surface area contributed by atoms with Gasteiger partial charge in [-0.25, -0.2) is 9.78 Å². The van der Waals surface area contributed by atoms with Crippen LogP contribution in [0.2, 0.25) is 0 Å². The van der Waals surface area contributed by atoms with Gasteiger partial charge in [-0.3, -0.25) is 0 Å². The molecule has 2 rings (SSSR count). The summed E-state index contributed by atoms with van der Waals surface area (Å²) in [5, 5.41) is 4.06. The zero-order valence-corrected chi connectivity index (χ0v) is 11.3. The number of amides is 2. The van der Waals surface area contributed by atoms with Crippen LogP contribution in [0.5, 0.6) is 0 Å². The maximum absolute atomic E-state index is 11.5. The van der Waals surface area contributed by atoms with Crippen LogP contribution in [0.3, 0.4) is 0 Å². The molecule has 1 N–H and O–H groups in total. The van der Waals surface area contributed by atoms with E-state index in [0.717, 1.165) is 37.4 Å². The summed E-state index contributed by atoms with van der Waals surface area (Å²) in [5.74, 6) is 0. The molecule has 1 fully saturated rings. The molecule has 5 heteroatoms. The Bertz CT molecular complexity index is 398. The number of hydrogen-bond donors (Lipinski definition) is 1. The Morgan fingerprint density at radius 1 is 1.53 bits per heavy atom. The van der Waals surface area contributed by atoms with Crippen molar-refractivity contribution in [2.45, 2.75) is 33.1 Å². The quantitative estimate of drug-likeness (QED) is 0.891. The van der Waals surface area contributed by atoms with Crippen molar-refractivity contribution >= 4 is 17.4 Å². The van der Waals surface area contributed by atoms with E-state index in [-0.39, 0.29) is 6.03 Å². The lowest BCUT2D eigenvalue weighted by Gasteiger charge is -2.30. The minimum absolute atomic E-state index is 0.0697. The van der Waals surface area contributed by atoms with E-state index in [9.17, 15) is 4.79 Å². The van der Waals surface area contributed by atoms with Crippen LogP contribution in [-0.2, 0) is 12.8 Å². The number of aryl methyl sites for hydroxylation is 2. The molecule has 1 aliphatic rings. The van der Waals surface area contributed by atoms with E-state index >= 15 is 0 Å². The van der Waals surface area contributed by atoms with E-state index in [2.05, 4.69) is 24.1 Å². The number of hydrogen-bond acceptors (Lipinski definition) is 3.